The normalized spacial score (nSPS) is 39.5. The molecule has 6 heteroatoms. The number of hydrogen-bond acceptors (Lipinski definition) is 4. The van der Waals surface area contributed by atoms with Gasteiger partial charge in [-0.05, 0) is 92.7 Å². The summed E-state index contributed by atoms with van der Waals surface area (Å²) in [6.45, 7) is 7.74. The predicted octanol–water partition coefficient (Wildman–Crippen LogP) is 4.64. The number of nitrogens with zero attached hydrogens (tertiary/aromatic N) is 2. The Hall–Kier alpha value is -2.37. The van der Waals surface area contributed by atoms with Crippen molar-refractivity contribution >= 4 is 23.3 Å². The van der Waals surface area contributed by atoms with Gasteiger partial charge in [-0.2, -0.15) is 0 Å². The number of aromatic nitrogens is 1. The minimum absolute atomic E-state index is 0.0254. The Balaban J connectivity index is 1.32. The van der Waals surface area contributed by atoms with Gasteiger partial charge in [0.1, 0.15) is 0 Å². The highest BCUT2D eigenvalue weighted by atomic mass is 16.2. The van der Waals surface area contributed by atoms with Gasteiger partial charge < -0.3 is 16.0 Å². The van der Waals surface area contributed by atoms with Crippen LogP contribution in [0.3, 0.4) is 0 Å². The minimum Gasteiger partial charge on any atom is -0.396 e. The summed E-state index contributed by atoms with van der Waals surface area (Å²) in [4.78, 5) is 31.7. The van der Waals surface area contributed by atoms with E-state index >= 15 is 0 Å². The molecule has 3 fully saturated rings. The van der Waals surface area contributed by atoms with E-state index in [0.717, 1.165) is 19.4 Å². The van der Waals surface area contributed by atoms with Crippen LogP contribution in [-0.2, 0) is 9.59 Å². The molecular weight excluding hydrogens is 412 g/mol. The van der Waals surface area contributed by atoms with Crippen molar-refractivity contribution in [2.24, 2.45) is 34.5 Å². The molecule has 0 saturated heterocycles. The molecule has 0 aromatic carbocycles. The molecule has 0 bridgehead atoms. The highest BCUT2D eigenvalue weighted by molar-refractivity contribution is 5.92. The lowest BCUT2D eigenvalue weighted by Gasteiger charge is -2.60. The molecule has 4 aliphatic rings. The second-order valence-electron chi connectivity index (χ2n) is 11.3. The molecule has 2 amide bonds. The number of hydrogen-bond donors (Lipinski definition) is 2. The smallest absolute Gasteiger partial charge is 0.246 e. The summed E-state index contributed by atoms with van der Waals surface area (Å²) in [5.41, 5.74) is 6.75. The Morgan fingerprint density at radius 1 is 1.21 bits per heavy atom. The first-order chi connectivity index (χ1) is 15.8. The van der Waals surface area contributed by atoms with E-state index in [2.05, 4.69) is 42.0 Å². The quantitative estimate of drug-likeness (QED) is 0.700. The Bertz CT molecular complexity index is 977. The Morgan fingerprint density at radius 3 is 2.79 bits per heavy atom. The summed E-state index contributed by atoms with van der Waals surface area (Å²) >= 11 is 0. The molecule has 1 aromatic heterocycles. The van der Waals surface area contributed by atoms with Crippen molar-refractivity contribution in [1.82, 2.24) is 9.88 Å². The summed E-state index contributed by atoms with van der Waals surface area (Å²) in [6.07, 6.45) is 13.3. The number of likely N-dealkylation sites (N-methyl/N-ethyl adjacent to an activating group) is 1. The molecule has 2 unspecified atom stereocenters. The van der Waals surface area contributed by atoms with Crippen LogP contribution in [0.4, 0.5) is 11.5 Å². The van der Waals surface area contributed by atoms with Crippen LogP contribution >= 0.6 is 0 Å². The summed E-state index contributed by atoms with van der Waals surface area (Å²) in [7, 11) is 0. The first-order valence-electron chi connectivity index (χ1n) is 12.8. The number of amides is 2. The molecule has 7 atom stereocenters. The average molecular weight is 451 g/mol. The number of rotatable bonds is 4. The van der Waals surface area contributed by atoms with Gasteiger partial charge in [0.25, 0.3) is 0 Å². The van der Waals surface area contributed by atoms with Gasteiger partial charge in [-0.1, -0.05) is 19.9 Å². The van der Waals surface area contributed by atoms with Crippen molar-refractivity contribution in [2.45, 2.75) is 71.8 Å². The second-order valence-corrected chi connectivity index (χ2v) is 11.3. The Kier molecular flexibility index (Phi) is 5.53. The van der Waals surface area contributed by atoms with Gasteiger partial charge in [-0.15, -0.1) is 0 Å². The number of nitrogen functional groups attached to an aromatic ring is 1. The van der Waals surface area contributed by atoms with E-state index in [9.17, 15) is 9.59 Å². The molecule has 5 rings (SSSR count). The SMILES string of the molecule is CCN1C(=O)C=C[C@]2(C)C3CC[C@]4(C)[C@@H](CC(=O)Nc5ncccc5N)CC[C@H]4C3CC[C@@H]12. The molecule has 2 heterocycles. The molecule has 178 valence electrons. The maximum atomic E-state index is 12.9. The van der Waals surface area contributed by atoms with Crippen LogP contribution in [0.25, 0.3) is 0 Å². The molecule has 0 spiro atoms. The van der Waals surface area contributed by atoms with E-state index in [1.807, 2.05) is 6.08 Å². The van der Waals surface area contributed by atoms with Crippen molar-refractivity contribution in [3.8, 4) is 0 Å². The number of pyridine rings is 1. The van der Waals surface area contributed by atoms with E-state index in [1.54, 1.807) is 18.3 Å². The van der Waals surface area contributed by atoms with Gasteiger partial charge >= 0.3 is 0 Å². The van der Waals surface area contributed by atoms with E-state index in [0.29, 0.717) is 47.6 Å². The lowest BCUT2D eigenvalue weighted by Crippen LogP contribution is -2.60. The maximum Gasteiger partial charge on any atom is 0.246 e. The highest BCUT2D eigenvalue weighted by Gasteiger charge is 2.60. The third kappa shape index (κ3) is 3.48. The molecule has 3 aliphatic carbocycles. The molecule has 3 N–H and O–H groups in total. The number of nitrogens with one attached hydrogen (secondary N) is 1. The van der Waals surface area contributed by atoms with Gasteiger partial charge in [-0.25, -0.2) is 4.98 Å². The number of anilines is 2. The molecule has 6 nitrogen and oxygen atoms in total. The molecule has 33 heavy (non-hydrogen) atoms. The van der Waals surface area contributed by atoms with E-state index in [-0.39, 0.29) is 22.6 Å². The first kappa shape index (κ1) is 22.4. The largest absolute Gasteiger partial charge is 0.396 e. The van der Waals surface area contributed by atoms with Crippen molar-refractivity contribution in [1.29, 1.82) is 0 Å². The molecule has 1 aliphatic heterocycles. The maximum absolute atomic E-state index is 12.9. The summed E-state index contributed by atoms with van der Waals surface area (Å²) in [5, 5.41) is 2.94. The lowest BCUT2D eigenvalue weighted by atomic mass is 9.47. The van der Waals surface area contributed by atoms with Gasteiger partial charge in [0.2, 0.25) is 11.8 Å². The Morgan fingerprint density at radius 2 is 2.03 bits per heavy atom. The van der Waals surface area contributed by atoms with Crippen LogP contribution < -0.4 is 11.1 Å². The minimum atomic E-state index is 0.0254. The summed E-state index contributed by atoms with van der Waals surface area (Å²) < 4.78 is 0. The van der Waals surface area contributed by atoms with Crippen LogP contribution in [0.2, 0.25) is 0 Å². The topological polar surface area (TPSA) is 88.3 Å². The van der Waals surface area contributed by atoms with Crippen LogP contribution in [0.15, 0.2) is 30.5 Å². The number of carbonyl (C=O) groups excluding carboxylic acids is 2. The van der Waals surface area contributed by atoms with E-state index in [4.69, 9.17) is 5.73 Å². The molecule has 0 radical (unpaired) electrons. The first-order valence-corrected chi connectivity index (χ1v) is 12.8. The highest BCUT2D eigenvalue weighted by Crippen LogP contribution is 2.66. The fraction of sp³-hybridized carbons (Fsp3) is 0.667. The van der Waals surface area contributed by atoms with Gasteiger partial charge in [0, 0.05) is 30.6 Å². The zero-order valence-corrected chi connectivity index (χ0v) is 20.2. The monoisotopic (exact) mass is 450 g/mol. The van der Waals surface area contributed by atoms with Crippen LogP contribution in [0.5, 0.6) is 0 Å². The fourth-order valence-corrected chi connectivity index (χ4v) is 8.35. The second kappa shape index (κ2) is 8.14. The predicted molar refractivity (Wildman–Crippen MR) is 130 cm³/mol. The van der Waals surface area contributed by atoms with E-state index in [1.165, 1.54) is 25.7 Å². The fourth-order valence-electron chi connectivity index (χ4n) is 8.35. The van der Waals surface area contributed by atoms with Crippen LogP contribution in [-0.4, -0.2) is 34.3 Å². The van der Waals surface area contributed by atoms with Crippen molar-refractivity contribution in [3.05, 3.63) is 30.5 Å². The van der Waals surface area contributed by atoms with Crippen molar-refractivity contribution in [2.75, 3.05) is 17.6 Å². The van der Waals surface area contributed by atoms with Crippen molar-refractivity contribution < 1.29 is 9.59 Å². The molecular formula is C27H38N4O2. The molecule has 1 aromatic rings. The summed E-state index contributed by atoms with van der Waals surface area (Å²) in [6, 6.07) is 3.87. The lowest BCUT2D eigenvalue weighted by molar-refractivity contribution is -0.141. The standard InChI is InChI=1S/C27H38N4O2/c1-4-31-22-10-8-18-19-9-7-17(16-23(32)30-25-21(28)6-5-15-29-25)26(19,2)13-11-20(18)27(22,3)14-12-24(31)33/h5-6,12,14-15,17-20,22H,4,7-11,13,16,28H2,1-3H3,(H,29,30,32)/t17-,18?,19+,20?,22-,26-,27-/m1/s1. The van der Waals surface area contributed by atoms with Gasteiger partial charge in [0.05, 0.1) is 5.69 Å². The van der Waals surface area contributed by atoms with Crippen molar-refractivity contribution in [3.63, 3.8) is 0 Å². The van der Waals surface area contributed by atoms with Gasteiger partial charge in [-0.3, -0.25) is 9.59 Å². The van der Waals surface area contributed by atoms with Crippen LogP contribution in [0, 0.1) is 34.5 Å². The summed E-state index contributed by atoms with van der Waals surface area (Å²) in [5.74, 6) is 3.03. The number of fused-ring (bicyclic) bond motifs is 5. The zero-order valence-electron chi connectivity index (χ0n) is 20.2. The number of nitrogens with two attached hydrogens (primary N) is 1. The Labute approximate surface area is 197 Å². The molecule has 3 saturated carbocycles. The average Bonchev–Trinajstić information content (AvgIpc) is 3.12. The third-order valence-electron chi connectivity index (χ3n) is 10.0. The van der Waals surface area contributed by atoms with E-state index < -0.39 is 0 Å². The number of carbonyl (C=O) groups is 2. The third-order valence-corrected chi connectivity index (χ3v) is 10.0. The zero-order chi connectivity index (χ0) is 23.4. The van der Waals surface area contributed by atoms with Crippen LogP contribution in [0.1, 0.15) is 65.7 Å². The van der Waals surface area contributed by atoms with Gasteiger partial charge in [0.15, 0.2) is 5.82 Å².